The van der Waals surface area contributed by atoms with Crippen LogP contribution in [0.5, 0.6) is 11.5 Å². The molecular weight excluding hydrogens is 708 g/mol. The van der Waals surface area contributed by atoms with E-state index in [1.165, 1.54) is 43.6 Å². The van der Waals surface area contributed by atoms with Crippen molar-refractivity contribution in [2.24, 2.45) is 0 Å². The average molecular weight is 771 g/mol. The Kier molecular flexibility index (Phi) is 25.7. The molecule has 52 heavy (non-hydrogen) atoms. The van der Waals surface area contributed by atoms with E-state index < -0.39 is 5.60 Å². The van der Waals surface area contributed by atoms with Gasteiger partial charge in [-0.1, -0.05) is 130 Å². The molecule has 0 radical (unpaired) electrons. The third-order valence-electron chi connectivity index (χ3n) is 8.02. The molecule has 1 atom stereocenters. The van der Waals surface area contributed by atoms with E-state index in [-0.39, 0.29) is 9.03 Å². The van der Waals surface area contributed by atoms with Crippen LogP contribution in [0.3, 0.4) is 0 Å². The van der Waals surface area contributed by atoms with Crippen molar-refractivity contribution in [2.75, 3.05) is 45.5 Å². The fraction of sp³-hybridized carbons (Fsp3) is 0.548. The van der Waals surface area contributed by atoms with Gasteiger partial charge in [0.2, 0.25) is 0 Å². The number of ether oxygens (including phenoxy) is 3. The normalized spacial score (nSPS) is 11.5. The number of hydrogen-bond donors (Lipinski definition) is 1. The largest absolute Gasteiger partial charge is 0.497 e. The first kappa shape index (κ1) is 45.9. The third kappa shape index (κ3) is 18.7. The molecule has 3 rings (SSSR count). The highest BCUT2D eigenvalue weighted by Gasteiger charge is 2.37. The average Bonchev–Trinajstić information content (AvgIpc) is 3.16. The lowest BCUT2D eigenvalue weighted by Gasteiger charge is -2.36. The van der Waals surface area contributed by atoms with Crippen molar-refractivity contribution >= 4 is 30.6 Å². The Balaban J connectivity index is 0.00000121. The van der Waals surface area contributed by atoms with Gasteiger partial charge in [-0.05, 0) is 66.6 Å². The maximum atomic E-state index is 8.47. The number of nitrogens with one attached hydrogen (secondary N) is 1. The molecule has 1 N–H and O–H groups in total. The number of methoxy groups -OCH3 is 2. The first-order valence-electron chi connectivity index (χ1n) is 18.7. The minimum absolute atomic E-state index is 0.0577. The summed E-state index contributed by atoms with van der Waals surface area (Å²) in [6, 6.07) is 30.3. The van der Waals surface area contributed by atoms with Gasteiger partial charge in [-0.2, -0.15) is 5.26 Å². The summed E-state index contributed by atoms with van der Waals surface area (Å²) in [5, 5.41) is 11.8. The van der Waals surface area contributed by atoms with E-state index >= 15 is 0 Å². The summed E-state index contributed by atoms with van der Waals surface area (Å²) in [6.07, 6.45) is 9.78. The van der Waals surface area contributed by atoms with Crippen LogP contribution >= 0.6 is 30.6 Å². The third-order valence-corrected chi connectivity index (χ3v) is 11.2. The second kappa shape index (κ2) is 29.1. The zero-order valence-corrected chi connectivity index (χ0v) is 35.0. The quantitative estimate of drug-likeness (QED) is 0.0353. The minimum Gasteiger partial charge on any atom is -0.497 e. The molecule has 0 aromatic heterocycles. The van der Waals surface area contributed by atoms with Crippen LogP contribution in [0.4, 0.5) is 0 Å². The molecule has 10 heteroatoms. The number of rotatable bonds is 27. The van der Waals surface area contributed by atoms with E-state index in [1.54, 1.807) is 14.2 Å². The van der Waals surface area contributed by atoms with Gasteiger partial charge < -0.3 is 28.6 Å². The second-order valence-corrected chi connectivity index (χ2v) is 16.4. The lowest BCUT2D eigenvalue weighted by atomic mass is 9.80. The van der Waals surface area contributed by atoms with Crippen molar-refractivity contribution in [3.05, 3.63) is 95.6 Å². The number of nitrogens with zero attached hydrogens (tertiary/aromatic N) is 1. The summed E-state index contributed by atoms with van der Waals surface area (Å²) >= 11 is 0. The monoisotopic (exact) mass is 770 g/mol. The van der Waals surface area contributed by atoms with Gasteiger partial charge in [-0.25, -0.2) is 0 Å². The van der Waals surface area contributed by atoms with Crippen LogP contribution in [0.1, 0.15) is 102 Å². The molecule has 0 bridgehead atoms. The van der Waals surface area contributed by atoms with E-state index in [9.17, 15) is 0 Å². The van der Waals surface area contributed by atoms with Gasteiger partial charge in [0.15, 0.2) is 9.03 Å². The summed E-state index contributed by atoms with van der Waals surface area (Å²) in [6.45, 7) is 10.5. The van der Waals surface area contributed by atoms with Crippen molar-refractivity contribution < 1.29 is 23.3 Å². The Hall–Kier alpha value is -2.28. The Bertz CT molecular complexity index is 1270. The first-order valence-corrected chi connectivity index (χ1v) is 22.0. The molecule has 0 fully saturated rings. The Morgan fingerprint density at radius 2 is 1.08 bits per heavy atom. The van der Waals surface area contributed by atoms with E-state index in [0.29, 0.717) is 31.7 Å². The van der Waals surface area contributed by atoms with Gasteiger partial charge in [-0.15, -0.1) is 0 Å². The van der Waals surface area contributed by atoms with Crippen molar-refractivity contribution in [3.63, 3.8) is 0 Å². The lowest BCUT2D eigenvalue weighted by molar-refractivity contribution is 0.0106. The van der Waals surface area contributed by atoms with Crippen molar-refractivity contribution in [2.45, 2.75) is 103 Å². The zero-order valence-electron chi connectivity index (χ0n) is 32.4. The number of unbranched alkanes of at least 4 members (excludes halogenated alkanes) is 6. The molecule has 0 heterocycles. The van der Waals surface area contributed by atoms with Gasteiger partial charge in [0.1, 0.15) is 17.1 Å². The highest BCUT2D eigenvalue weighted by molar-refractivity contribution is 8.76. The fourth-order valence-corrected chi connectivity index (χ4v) is 8.40. The van der Waals surface area contributed by atoms with Gasteiger partial charge in [0, 0.05) is 30.2 Å². The highest BCUT2D eigenvalue weighted by atomic mass is 33.1. The maximum Gasteiger partial charge on any atom is 0.155 e. The Morgan fingerprint density at radius 1 is 0.615 bits per heavy atom. The summed E-state index contributed by atoms with van der Waals surface area (Å²) in [4.78, 5) is 0. The topological polar surface area (TPSA) is 82.0 Å². The fourth-order valence-electron chi connectivity index (χ4n) is 5.61. The van der Waals surface area contributed by atoms with Crippen LogP contribution in [0, 0.1) is 11.3 Å². The molecular formula is C42H63N2O5PS2. The predicted molar refractivity (Wildman–Crippen MR) is 224 cm³/mol. The summed E-state index contributed by atoms with van der Waals surface area (Å²) in [7, 11) is 7.44. The van der Waals surface area contributed by atoms with Crippen LogP contribution in [-0.4, -0.2) is 57.6 Å². The Labute approximate surface area is 325 Å². The van der Waals surface area contributed by atoms with Gasteiger partial charge in [0.05, 0.1) is 39.9 Å². The standard InChI is InChI=1S/C36H48NO5PS2.C6H15N/c1-38-34-21-17-32(18-22-34)36(31-15-8-7-9-16-31,33-19-23-35(39-2)24-20-33)40-26-10-3-5-12-29-44-45-30-13-6-4-11-27-41-43-42-28-14-25-37;1-5(2)7-6(3)4/h7-9,15-24,43H,3-6,10-14,26-30H2,1-2H3;5-7H,1-4H3. The molecule has 1 unspecified atom stereocenters. The van der Waals surface area contributed by atoms with E-state index in [1.807, 2.05) is 51.9 Å². The zero-order chi connectivity index (χ0) is 37.7. The first-order chi connectivity index (χ1) is 25.4. The molecule has 3 aromatic rings. The molecule has 0 saturated carbocycles. The molecule has 7 nitrogen and oxygen atoms in total. The molecule has 0 spiro atoms. The van der Waals surface area contributed by atoms with E-state index in [2.05, 4.69) is 87.6 Å². The van der Waals surface area contributed by atoms with E-state index in [4.69, 9.17) is 28.5 Å². The molecule has 0 saturated heterocycles. The van der Waals surface area contributed by atoms with Gasteiger partial charge >= 0.3 is 0 Å². The molecule has 288 valence electrons. The summed E-state index contributed by atoms with van der Waals surface area (Å²) in [5.41, 5.74) is 2.49. The van der Waals surface area contributed by atoms with Gasteiger partial charge in [0.25, 0.3) is 0 Å². The Morgan fingerprint density at radius 3 is 1.54 bits per heavy atom. The second-order valence-electron chi connectivity index (χ2n) is 13.0. The van der Waals surface area contributed by atoms with Crippen LogP contribution in [0.15, 0.2) is 78.9 Å². The van der Waals surface area contributed by atoms with E-state index in [0.717, 1.165) is 54.1 Å². The molecule has 3 aromatic carbocycles. The van der Waals surface area contributed by atoms with Crippen LogP contribution < -0.4 is 14.8 Å². The lowest BCUT2D eigenvalue weighted by Crippen LogP contribution is -2.33. The summed E-state index contributed by atoms with van der Waals surface area (Å²) < 4.78 is 28.5. The van der Waals surface area contributed by atoms with Crippen LogP contribution in [0.25, 0.3) is 0 Å². The smallest absolute Gasteiger partial charge is 0.155 e. The van der Waals surface area contributed by atoms with Crippen molar-refractivity contribution in [1.29, 1.82) is 5.26 Å². The molecule has 0 aliphatic rings. The minimum atomic E-state index is -0.743. The number of hydrogen-bond acceptors (Lipinski definition) is 9. The molecule has 0 aliphatic carbocycles. The highest BCUT2D eigenvalue weighted by Crippen LogP contribution is 2.42. The summed E-state index contributed by atoms with van der Waals surface area (Å²) in [5.74, 6) is 4.04. The van der Waals surface area contributed by atoms with Crippen LogP contribution in [-0.2, 0) is 19.4 Å². The van der Waals surface area contributed by atoms with Crippen LogP contribution in [0.2, 0.25) is 0 Å². The predicted octanol–water partition coefficient (Wildman–Crippen LogP) is 11.4. The number of benzene rings is 3. The maximum absolute atomic E-state index is 8.47. The van der Waals surface area contributed by atoms with Crippen molar-refractivity contribution in [3.8, 4) is 17.6 Å². The number of nitriles is 1. The molecule has 0 aliphatic heterocycles. The SMILES string of the molecule is CC(C)NC(C)C.COc1ccc(C(OCCCCCCSSCCCCCCOPOCCC#N)(c2ccccc2)c2ccc(OC)cc2)cc1. The van der Waals surface area contributed by atoms with Gasteiger partial charge in [-0.3, -0.25) is 0 Å². The molecule has 0 amide bonds. The van der Waals surface area contributed by atoms with Crippen molar-refractivity contribution in [1.82, 2.24) is 5.32 Å².